The summed E-state index contributed by atoms with van der Waals surface area (Å²) in [5, 5.41) is 3.30. The molecule has 4 aliphatic carbocycles. The van der Waals surface area contributed by atoms with Crippen LogP contribution in [0.2, 0.25) is 0 Å². The maximum Gasteiger partial charge on any atom is 0.217 e. The molecule has 0 aromatic rings. The highest BCUT2D eigenvalue weighted by Gasteiger charge is 2.58. The van der Waals surface area contributed by atoms with Crippen LogP contribution in [0, 0.1) is 11.8 Å². The van der Waals surface area contributed by atoms with Crippen molar-refractivity contribution in [2.24, 2.45) is 11.8 Å². The zero-order valence-corrected chi connectivity index (χ0v) is 11.3. The van der Waals surface area contributed by atoms with Gasteiger partial charge in [-0.25, -0.2) is 0 Å². The van der Waals surface area contributed by atoms with E-state index in [0.717, 1.165) is 11.8 Å². The van der Waals surface area contributed by atoms with Crippen LogP contribution < -0.4 is 5.32 Å². The monoisotopic (exact) mass is 236 g/mol. The molecule has 4 bridgehead atoms. The zero-order chi connectivity index (χ0) is 12.3. The predicted octanol–water partition coefficient (Wildman–Crippen LogP) is 1.78. The molecule has 0 aromatic heterocycles. The molecule has 1 N–H and O–H groups in total. The summed E-state index contributed by atoms with van der Waals surface area (Å²) in [6.45, 7) is 1.67. The average Bonchev–Trinajstić information content (AvgIpc) is 2.12. The third kappa shape index (κ3) is 1.70. The van der Waals surface area contributed by atoms with Gasteiger partial charge in [0, 0.05) is 18.0 Å². The minimum absolute atomic E-state index is 0.125. The standard InChI is InChI=1S/C14H24N2O/c1-10(17)15-13-5-11-4-12(6-13)8-14(7-11,9-13)16(2)3/h11-12H,4-9H2,1-3H3,(H,15,17). The topological polar surface area (TPSA) is 32.3 Å². The lowest BCUT2D eigenvalue weighted by Gasteiger charge is -2.64. The van der Waals surface area contributed by atoms with E-state index < -0.39 is 0 Å². The van der Waals surface area contributed by atoms with E-state index >= 15 is 0 Å². The summed E-state index contributed by atoms with van der Waals surface area (Å²) in [5.41, 5.74) is 0.493. The van der Waals surface area contributed by atoms with Crippen LogP contribution in [-0.4, -0.2) is 36.0 Å². The van der Waals surface area contributed by atoms with Crippen LogP contribution >= 0.6 is 0 Å². The number of carbonyl (C=O) groups excluding carboxylic acids is 1. The molecule has 0 spiro atoms. The first-order chi connectivity index (χ1) is 7.93. The van der Waals surface area contributed by atoms with Gasteiger partial charge in [-0.05, 0) is 64.5 Å². The Morgan fingerprint density at radius 1 is 1.18 bits per heavy atom. The summed E-state index contributed by atoms with van der Waals surface area (Å²) < 4.78 is 0. The van der Waals surface area contributed by atoms with Crippen LogP contribution in [0.15, 0.2) is 0 Å². The highest BCUT2D eigenvalue weighted by atomic mass is 16.1. The van der Waals surface area contributed by atoms with Gasteiger partial charge in [0.05, 0.1) is 0 Å². The number of hydrogen-bond acceptors (Lipinski definition) is 2. The summed E-state index contributed by atoms with van der Waals surface area (Å²) in [6, 6.07) is 0. The first-order valence-electron chi connectivity index (χ1n) is 6.89. The predicted molar refractivity (Wildman–Crippen MR) is 67.6 cm³/mol. The molecule has 96 valence electrons. The largest absolute Gasteiger partial charge is 0.351 e. The average molecular weight is 236 g/mol. The lowest BCUT2D eigenvalue weighted by atomic mass is 9.49. The van der Waals surface area contributed by atoms with E-state index in [-0.39, 0.29) is 11.4 Å². The molecule has 2 atom stereocenters. The molecule has 0 heterocycles. The van der Waals surface area contributed by atoms with E-state index in [1.165, 1.54) is 38.5 Å². The maximum atomic E-state index is 11.5. The lowest BCUT2D eigenvalue weighted by Crippen LogP contribution is -2.68. The molecule has 17 heavy (non-hydrogen) atoms. The molecular weight excluding hydrogens is 212 g/mol. The van der Waals surface area contributed by atoms with Gasteiger partial charge >= 0.3 is 0 Å². The van der Waals surface area contributed by atoms with Crippen molar-refractivity contribution in [3.63, 3.8) is 0 Å². The Labute approximate surface area is 104 Å². The molecular formula is C14H24N2O. The molecule has 0 saturated heterocycles. The SMILES string of the molecule is CC(=O)NC12CC3CC(C1)CC(N(C)C)(C3)C2. The van der Waals surface area contributed by atoms with Crippen molar-refractivity contribution in [2.75, 3.05) is 14.1 Å². The zero-order valence-electron chi connectivity index (χ0n) is 11.3. The number of carbonyl (C=O) groups is 1. The molecule has 2 unspecified atom stereocenters. The number of nitrogens with one attached hydrogen (secondary N) is 1. The van der Waals surface area contributed by atoms with Crippen molar-refractivity contribution in [3.8, 4) is 0 Å². The second kappa shape index (κ2) is 3.47. The molecule has 0 aromatic carbocycles. The third-order valence-electron chi connectivity index (χ3n) is 5.42. The number of nitrogens with zero attached hydrogens (tertiary/aromatic N) is 1. The third-order valence-corrected chi connectivity index (χ3v) is 5.42. The molecule has 4 rings (SSSR count). The fourth-order valence-corrected chi connectivity index (χ4v) is 5.26. The fraction of sp³-hybridized carbons (Fsp3) is 0.929. The normalized spacial score (nSPS) is 47.5. The van der Waals surface area contributed by atoms with Crippen molar-refractivity contribution in [1.29, 1.82) is 0 Å². The summed E-state index contributed by atoms with van der Waals surface area (Å²) in [7, 11) is 4.43. The minimum atomic E-state index is 0.125. The van der Waals surface area contributed by atoms with Crippen LogP contribution in [0.25, 0.3) is 0 Å². The quantitative estimate of drug-likeness (QED) is 0.792. The first kappa shape index (κ1) is 11.5. The highest BCUT2D eigenvalue weighted by Crippen LogP contribution is 2.58. The van der Waals surface area contributed by atoms with E-state index in [4.69, 9.17) is 0 Å². The van der Waals surface area contributed by atoms with Crippen LogP contribution in [0.1, 0.15) is 45.4 Å². The number of rotatable bonds is 2. The molecule has 4 aliphatic rings. The first-order valence-corrected chi connectivity index (χ1v) is 6.89. The number of amides is 1. The van der Waals surface area contributed by atoms with E-state index in [9.17, 15) is 4.79 Å². The van der Waals surface area contributed by atoms with Crippen LogP contribution in [-0.2, 0) is 4.79 Å². The lowest BCUT2D eigenvalue weighted by molar-refractivity contribution is -0.130. The van der Waals surface area contributed by atoms with Crippen molar-refractivity contribution in [3.05, 3.63) is 0 Å². The maximum absolute atomic E-state index is 11.5. The molecule has 4 saturated carbocycles. The van der Waals surface area contributed by atoms with E-state index in [0.29, 0.717) is 5.54 Å². The molecule has 0 aliphatic heterocycles. The second-order valence-corrected chi connectivity index (χ2v) is 7.04. The second-order valence-electron chi connectivity index (χ2n) is 7.04. The van der Waals surface area contributed by atoms with Gasteiger partial charge < -0.3 is 10.2 Å². The van der Waals surface area contributed by atoms with Crippen LogP contribution in [0.4, 0.5) is 0 Å². The summed E-state index contributed by atoms with van der Waals surface area (Å²) >= 11 is 0. The summed E-state index contributed by atoms with van der Waals surface area (Å²) in [4.78, 5) is 13.9. The Morgan fingerprint density at radius 3 is 2.24 bits per heavy atom. The summed E-state index contributed by atoms with van der Waals surface area (Å²) in [6.07, 6.45) is 7.70. The van der Waals surface area contributed by atoms with Gasteiger partial charge in [0.1, 0.15) is 0 Å². The van der Waals surface area contributed by atoms with Gasteiger partial charge in [0.25, 0.3) is 0 Å². The molecule has 4 fully saturated rings. The van der Waals surface area contributed by atoms with Crippen molar-refractivity contribution >= 4 is 5.91 Å². The molecule has 3 heteroatoms. The Balaban J connectivity index is 1.91. The Bertz CT molecular complexity index is 336. The molecule has 3 nitrogen and oxygen atoms in total. The van der Waals surface area contributed by atoms with E-state index in [1.807, 2.05) is 0 Å². The Morgan fingerprint density at radius 2 is 1.76 bits per heavy atom. The number of hydrogen-bond donors (Lipinski definition) is 1. The van der Waals surface area contributed by atoms with Gasteiger partial charge in [-0.3, -0.25) is 4.79 Å². The molecule has 0 radical (unpaired) electrons. The van der Waals surface area contributed by atoms with Gasteiger partial charge in [-0.1, -0.05) is 0 Å². The smallest absolute Gasteiger partial charge is 0.217 e. The van der Waals surface area contributed by atoms with Crippen molar-refractivity contribution in [1.82, 2.24) is 10.2 Å². The van der Waals surface area contributed by atoms with Crippen molar-refractivity contribution < 1.29 is 4.79 Å². The summed E-state index contributed by atoms with van der Waals surface area (Å²) in [5.74, 6) is 1.83. The minimum Gasteiger partial charge on any atom is -0.351 e. The van der Waals surface area contributed by atoms with Gasteiger partial charge in [-0.2, -0.15) is 0 Å². The van der Waals surface area contributed by atoms with Crippen molar-refractivity contribution in [2.45, 2.75) is 56.5 Å². The Kier molecular flexibility index (Phi) is 2.35. The highest BCUT2D eigenvalue weighted by molar-refractivity contribution is 5.74. The van der Waals surface area contributed by atoms with Gasteiger partial charge in [-0.15, -0.1) is 0 Å². The van der Waals surface area contributed by atoms with Gasteiger partial charge in [0.15, 0.2) is 0 Å². The van der Waals surface area contributed by atoms with Gasteiger partial charge in [0.2, 0.25) is 5.91 Å². The Hall–Kier alpha value is -0.570. The van der Waals surface area contributed by atoms with E-state index in [2.05, 4.69) is 24.3 Å². The van der Waals surface area contributed by atoms with E-state index in [1.54, 1.807) is 6.92 Å². The molecule has 1 amide bonds. The van der Waals surface area contributed by atoms with Crippen LogP contribution in [0.5, 0.6) is 0 Å². The van der Waals surface area contributed by atoms with Crippen LogP contribution in [0.3, 0.4) is 0 Å². The fourth-order valence-electron chi connectivity index (χ4n) is 5.26.